The first-order chi connectivity index (χ1) is 8.65. The molecule has 3 rings (SSSR count). The minimum atomic E-state index is 0.0317. The van der Waals surface area contributed by atoms with Gasteiger partial charge in [0.1, 0.15) is 0 Å². The molecule has 0 spiro atoms. The van der Waals surface area contributed by atoms with Gasteiger partial charge in [-0.05, 0) is 60.4 Å². The Hall–Kier alpha value is -0.620. The number of carbonyl (C=O) groups excluding carboxylic acids is 1. The van der Waals surface area contributed by atoms with Gasteiger partial charge >= 0.3 is 0 Å². The summed E-state index contributed by atoms with van der Waals surface area (Å²) in [6, 6.07) is 6.05. The molecule has 2 bridgehead atoms. The molecule has 0 aliphatic carbocycles. The second-order valence-electron chi connectivity index (χ2n) is 5.13. The van der Waals surface area contributed by atoms with E-state index in [-0.39, 0.29) is 18.1 Å². The van der Waals surface area contributed by atoms with Crippen LogP contribution in [0.15, 0.2) is 18.2 Å². The number of aryl methyl sites for hydroxylation is 1. The summed E-state index contributed by atoms with van der Waals surface area (Å²) in [5, 5.41) is 3.13. The maximum atomic E-state index is 12.3. The average Bonchev–Trinajstić information content (AvgIpc) is 2.94. The van der Waals surface area contributed by atoms with Crippen LogP contribution in [0.4, 0.5) is 0 Å². The fourth-order valence-electron chi connectivity index (χ4n) is 2.86. The highest BCUT2D eigenvalue weighted by molar-refractivity contribution is 14.1. The molecule has 2 heterocycles. The van der Waals surface area contributed by atoms with Gasteiger partial charge in [0.2, 0.25) is 0 Å². The lowest BCUT2D eigenvalue weighted by atomic mass is 9.95. The van der Waals surface area contributed by atoms with Crippen LogP contribution in [0.2, 0.25) is 0 Å². The first-order valence-electron chi connectivity index (χ1n) is 6.36. The van der Waals surface area contributed by atoms with Gasteiger partial charge in [-0.3, -0.25) is 4.79 Å². The molecule has 0 aromatic heterocycles. The lowest BCUT2D eigenvalue weighted by Crippen LogP contribution is -2.41. The maximum absolute atomic E-state index is 12.3. The molecule has 3 nitrogen and oxygen atoms in total. The van der Waals surface area contributed by atoms with E-state index in [0.717, 1.165) is 34.0 Å². The molecule has 3 unspecified atom stereocenters. The second kappa shape index (κ2) is 4.81. The summed E-state index contributed by atoms with van der Waals surface area (Å²) in [5.41, 5.74) is 1.92. The third-order valence-electron chi connectivity index (χ3n) is 3.86. The first-order valence-corrected chi connectivity index (χ1v) is 7.44. The molecular formula is C14H16INO2. The molecule has 2 aliphatic heterocycles. The van der Waals surface area contributed by atoms with Crippen LogP contribution < -0.4 is 5.32 Å². The molecular weight excluding hydrogens is 341 g/mol. The minimum absolute atomic E-state index is 0.0317. The van der Waals surface area contributed by atoms with Crippen LogP contribution in [0.25, 0.3) is 0 Å². The number of fused-ring (bicyclic) bond motifs is 2. The Morgan fingerprint density at radius 3 is 2.94 bits per heavy atom. The van der Waals surface area contributed by atoms with Crippen molar-refractivity contribution >= 4 is 28.5 Å². The van der Waals surface area contributed by atoms with Gasteiger partial charge in [-0.1, -0.05) is 12.1 Å². The van der Waals surface area contributed by atoms with Crippen molar-refractivity contribution in [1.29, 1.82) is 0 Å². The van der Waals surface area contributed by atoms with Crippen LogP contribution in [0.3, 0.4) is 0 Å². The number of benzene rings is 1. The normalized spacial score (nSPS) is 29.6. The van der Waals surface area contributed by atoms with E-state index < -0.39 is 0 Å². The molecule has 0 radical (unpaired) electrons. The van der Waals surface area contributed by atoms with E-state index in [2.05, 4.69) is 27.9 Å². The van der Waals surface area contributed by atoms with Crippen molar-refractivity contribution < 1.29 is 9.53 Å². The zero-order valence-corrected chi connectivity index (χ0v) is 12.4. The van der Waals surface area contributed by atoms with E-state index >= 15 is 0 Å². The van der Waals surface area contributed by atoms with Gasteiger partial charge < -0.3 is 10.1 Å². The summed E-state index contributed by atoms with van der Waals surface area (Å²) in [6.07, 6.45) is 3.82. The number of nitrogens with one attached hydrogen (secondary N) is 1. The van der Waals surface area contributed by atoms with Crippen molar-refractivity contribution in [3.63, 3.8) is 0 Å². The summed E-state index contributed by atoms with van der Waals surface area (Å²) in [4.78, 5) is 12.3. The van der Waals surface area contributed by atoms with Crippen LogP contribution in [0, 0.1) is 10.5 Å². The zero-order chi connectivity index (χ0) is 12.7. The topological polar surface area (TPSA) is 38.3 Å². The van der Waals surface area contributed by atoms with Gasteiger partial charge in [-0.15, -0.1) is 0 Å². The summed E-state index contributed by atoms with van der Waals surface area (Å²) < 4.78 is 6.80. The van der Waals surface area contributed by atoms with Gasteiger partial charge in [-0.2, -0.15) is 0 Å². The van der Waals surface area contributed by atoms with Gasteiger partial charge in [0.15, 0.2) is 0 Å². The second-order valence-corrected chi connectivity index (χ2v) is 6.20. The highest BCUT2D eigenvalue weighted by Crippen LogP contribution is 2.34. The van der Waals surface area contributed by atoms with E-state index in [9.17, 15) is 4.79 Å². The number of hydrogen-bond donors (Lipinski definition) is 1. The third-order valence-corrected chi connectivity index (χ3v) is 5.29. The van der Waals surface area contributed by atoms with E-state index in [1.165, 1.54) is 0 Å². The van der Waals surface area contributed by atoms with Gasteiger partial charge in [0.05, 0.1) is 23.8 Å². The van der Waals surface area contributed by atoms with Crippen molar-refractivity contribution in [2.75, 3.05) is 0 Å². The summed E-state index contributed by atoms with van der Waals surface area (Å²) in [7, 11) is 0. The molecule has 2 saturated heterocycles. The molecule has 1 N–H and O–H groups in total. The summed E-state index contributed by atoms with van der Waals surface area (Å²) in [5.74, 6) is 0.0317. The minimum Gasteiger partial charge on any atom is -0.373 e. The first kappa shape index (κ1) is 12.4. The standard InChI is InChI=1S/C14H16INO2/c1-8-3-2-4-10(13(8)15)14(17)16-11-7-9-5-6-12(11)18-9/h2-4,9,11-12H,5-7H2,1H3,(H,16,17). The molecule has 1 aromatic rings. The van der Waals surface area contributed by atoms with Crippen molar-refractivity contribution in [2.24, 2.45) is 0 Å². The highest BCUT2D eigenvalue weighted by Gasteiger charge is 2.41. The maximum Gasteiger partial charge on any atom is 0.252 e. The smallest absolute Gasteiger partial charge is 0.252 e. The van der Waals surface area contributed by atoms with Crippen molar-refractivity contribution in [3.05, 3.63) is 32.9 Å². The van der Waals surface area contributed by atoms with Gasteiger partial charge in [0, 0.05) is 3.57 Å². The number of halogens is 1. The van der Waals surface area contributed by atoms with Gasteiger partial charge in [-0.25, -0.2) is 0 Å². The Bertz CT molecular complexity index is 489. The molecule has 1 aromatic carbocycles. The fourth-order valence-corrected chi connectivity index (χ4v) is 3.46. The number of ether oxygens (including phenoxy) is 1. The van der Waals surface area contributed by atoms with E-state index in [0.29, 0.717) is 6.10 Å². The van der Waals surface area contributed by atoms with E-state index in [1.54, 1.807) is 0 Å². The third kappa shape index (κ3) is 2.16. The Balaban J connectivity index is 1.73. The van der Waals surface area contributed by atoms with Crippen molar-refractivity contribution in [3.8, 4) is 0 Å². The Labute approximate surface area is 120 Å². The number of carbonyl (C=O) groups is 1. The monoisotopic (exact) mass is 357 g/mol. The van der Waals surface area contributed by atoms with Crippen LogP contribution >= 0.6 is 22.6 Å². The lowest BCUT2D eigenvalue weighted by molar-refractivity contribution is 0.0840. The molecule has 2 fully saturated rings. The SMILES string of the molecule is Cc1cccc(C(=O)NC2CC3CCC2O3)c1I. The average molecular weight is 357 g/mol. The largest absolute Gasteiger partial charge is 0.373 e. The van der Waals surface area contributed by atoms with Crippen LogP contribution in [0.1, 0.15) is 35.2 Å². The fraction of sp³-hybridized carbons (Fsp3) is 0.500. The molecule has 1 amide bonds. The van der Waals surface area contributed by atoms with Crippen LogP contribution in [0.5, 0.6) is 0 Å². The molecule has 18 heavy (non-hydrogen) atoms. The van der Waals surface area contributed by atoms with Crippen LogP contribution in [-0.4, -0.2) is 24.2 Å². The van der Waals surface area contributed by atoms with Gasteiger partial charge in [0.25, 0.3) is 5.91 Å². The molecule has 0 saturated carbocycles. The Morgan fingerprint density at radius 1 is 1.44 bits per heavy atom. The summed E-state index contributed by atoms with van der Waals surface area (Å²) >= 11 is 2.24. The zero-order valence-electron chi connectivity index (χ0n) is 10.3. The number of amides is 1. The summed E-state index contributed by atoms with van der Waals surface area (Å²) in [6.45, 7) is 2.03. The Kier molecular flexibility index (Phi) is 3.32. The van der Waals surface area contributed by atoms with Crippen LogP contribution in [-0.2, 0) is 4.74 Å². The van der Waals surface area contributed by atoms with Crippen molar-refractivity contribution in [1.82, 2.24) is 5.32 Å². The van der Waals surface area contributed by atoms with E-state index in [4.69, 9.17) is 4.74 Å². The van der Waals surface area contributed by atoms with E-state index in [1.807, 2.05) is 25.1 Å². The highest BCUT2D eigenvalue weighted by atomic mass is 127. The predicted molar refractivity (Wildman–Crippen MR) is 77.7 cm³/mol. The number of hydrogen-bond acceptors (Lipinski definition) is 2. The molecule has 3 atom stereocenters. The van der Waals surface area contributed by atoms with Crippen molar-refractivity contribution in [2.45, 2.75) is 44.4 Å². The lowest BCUT2D eigenvalue weighted by Gasteiger charge is -2.20. The predicted octanol–water partition coefficient (Wildman–Crippen LogP) is 2.65. The number of rotatable bonds is 2. The quantitative estimate of drug-likeness (QED) is 0.827. The molecule has 4 heteroatoms. The Morgan fingerprint density at radius 2 is 2.28 bits per heavy atom. The molecule has 96 valence electrons. The molecule has 2 aliphatic rings.